The Balaban J connectivity index is 1.61. The van der Waals surface area contributed by atoms with Gasteiger partial charge >= 0.3 is 0 Å². The number of aromatic amines is 1. The van der Waals surface area contributed by atoms with Gasteiger partial charge in [0.1, 0.15) is 5.82 Å². The molecule has 0 saturated carbocycles. The lowest BCUT2D eigenvalue weighted by Crippen LogP contribution is -2.44. The summed E-state index contributed by atoms with van der Waals surface area (Å²) >= 11 is 0. The Morgan fingerprint density at radius 3 is 2.83 bits per heavy atom. The third-order valence-electron chi connectivity index (χ3n) is 3.56. The summed E-state index contributed by atoms with van der Waals surface area (Å²) in [5.74, 6) is 1.03. The molecule has 1 aliphatic heterocycles. The van der Waals surface area contributed by atoms with Gasteiger partial charge in [-0.1, -0.05) is 0 Å². The molecule has 1 fully saturated rings. The molecule has 0 atom stereocenters. The van der Waals surface area contributed by atoms with Crippen molar-refractivity contribution in [3.63, 3.8) is 0 Å². The fraction of sp³-hybridized carbons (Fsp3) is 0.769. The quantitative estimate of drug-likeness (QED) is 0.774. The second-order valence-electron chi connectivity index (χ2n) is 5.34. The number of hydrogen-bond donors (Lipinski definition) is 2. The van der Waals surface area contributed by atoms with Crippen molar-refractivity contribution < 1.29 is 0 Å². The summed E-state index contributed by atoms with van der Waals surface area (Å²) in [5.41, 5.74) is 0. The van der Waals surface area contributed by atoms with Gasteiger partial charge in [0, 0.05) is 31.5 Å². The van der Waals surface area contributed by atoms with Crippen LogP contribution >= 0.6 is 0 Å². The summed E-state index contributed by atoms with van der Waals surface area (Å²) in [7, 11) is 4.27. The molecule has 2 rings (SSSR count). The second-order valence-corrected chi connectivity index (χ2v) is 5.34. The average Bonchev–Trinajstić information content (AvgIpc) is 2.88. The fourth-order valence-corrected chi connectivity index (χ4v) is 2.34. The van der Waals surface area contributed by atoms with E-state index < -0.39 is 0 Å². The Morgan fingerprint density at radius 2 is 2.22 bits per heavy atom. The van der Waals surface area contributed by atoms with E-state index in [-0.39, 0.29) is 0 Å². The number of nitrogens with zero attached hydrogens (tertiary/aromatic N) is 3. The van der Waals surface area contributed by atoms with Crippen molar-refractivity contribution in [3.8, 4) is 0 Å². The molecule has 18 heavy (non-hydrogen) atoms. The molecule has 0 bridgehead atoms. The zero-order valence-corrected chi connectivity index (χ0v) is 11.5. The van der Waals surface area contributed by atoms with Crippen LogP contribution in [0.4, 0.5) is 0 Å². The summed E-state index contributed by atoms with van der Waals surface area (Å²) in [6.07, 6.45) is 6.17. The number of likely N-dealkylation sites (N-methyl/N-ethyl adjacent to an activating group) is 1. The number of H-pyrrole nitrogens is 1. The van der Waals surface area contributed by atoms with Crippen LogP contribution in [-0.4, -0.2) is 66.1 Å². The Hall–Kier alpha value is -0.910. The number of nitrogens with one attached hydrogen (secondary N) is 2. The lowest BCUT2D eigenvalue weighted by Gasteiger charge is -2.32. The molecule has 2 N–H and O–H groups in total. The SMILES string of the molecule is CN(C)CCN1CCC(NCc2ncc[nH]2)CC1. The number of aromatic nitrogens is 2. The number of likely N-dealkylation sites (tertiary alicyclic amines) is 1. The van der Waals surface area contributed by atoms with Gasteiger partial charge in [-0.15, -0.1) is 0 Å². The van der Waals surface area contributed by atoms with Crippen LogP contribution in [0.15, 0.2) is 12.4 Å². The van der Waals surface area contributed by atoms with Gasteiger partial charge in [0.2, 0.25) is 0 Å². The van der Waals surface area contributed by atoms with E-state index in [1.165, 1.54) is 32.5 Å². The number of imidazole rings is 1. The van der Waals surface area contributed by atoms with Gasteiger partial charge in [-0.25, -0.2) is 4.98 Å². The second kappa shape index (κ2) is 6.87. The van der Waals surface area contributed by atoms with Gasteiger partial charge in [0.05, 0.1) is 6.54 Å². The third kappa shape index (κ3) is 4.40. The minimum atomic E-state index is 0.644. The van der Waals surface area contributed by atoms with Gasteiger partial charge in [-0.05, 0) is 40.0 Å². The monoisotopic (exact) mass is 251 g/mol. The lowest BCUT2D eigenvalue weighted by molar-refractivity contribution is 0.181. The molecule has 0 radical (unpaired) electrons. The molecular weight excluding hydrogens is 226 g/mol. The molecule has 0 unspecified atom stereocenters. The largest absolute Gasteiger partial charge is 0.348 e. The van der Waals surface area contributed by atoms with Crippen molar-refractivity contribution in [1.29, 1.82) is 0 Å². The van der Waals surface area contributed by atoms with E-state index in [1.807, 2.05) is 6.20 Å². The van der Waals surface area contributed by atoms with Crippen molar-refractivity contribution in [2.45, 2.75) is 25.4 Å². The average molecular weight is 251 g/mol. The van der Waals surface area contributed by atoms with Crippen molar-refractivity contribution >= 4 is 0 Å². The molecule has 1 aromatic rings. The zero-order valence-electron chi connectivity index (χ0n) is 11.5. The number of piperidine rings is 1. The minimum Gasteiger partial charge on any atom is -0.348 e. The highest BCUT2D eigenvalue weighted by atomic mass is 15.2. The summed E-state index contributed by atoms with van der Waals surface area (Å²) in [6, 6.07) is 0.644. The van der Waals surface area contributed by atoms with Gasteiger partial charge in [-0.3, -0.25) is 0 Å². The van der Waals surface area contributed by atoms with Gasteiger partial charge in [0.25, 0.3) is 0 Å². The Morgan fingerprint density at radius 1 is 1.44 bits per heavy atom. The third-order valence-corrected chi connectivity index (χ3v) is 3.56. The van der Waals surface area contributed by atoms with Crippen LogP contribution in [0.1, 0.15) is 18.7 Å². The molecule has 1 aromatic heterocycles. The maximum Gasteiger partial charge on any atom is 0.120 e. The first-order valence-corrected chi connectivity index (χ1v) is 6.83. The van der Waals surface area contributed by atoms with Crippen LogP contribution in [0, 0.1) is 0 Å². The van der Waals surface area contributed by atoms with Gasteiger partial charge in [-0.2, -0.15) is 0 Å². The van der Waals surface area contributed by atoms with Crippen molar-refractivity contribution in [3.05, 3.63) is 18.2 Å². The smallest absolute Gasteiger partial charge is 0.120 e. The maximum absolute atomic E-state index is 4.23. The van der Waals surface area contributed by atoms with Crippen LogP contribution in [0.3, 0.4) is 0 Å². The standard InChI is InChI=1S/C13H25N5/c1-17(2)9-10-18-7-3-12(4-8-18)16-11-13-14-5-6-15-13/h5-6,12,16H,3-4,7-11H2,1-2H3,(H,14,15). The van der Waals surface area contributed by atoms with Crippen LogP contribution in [-0.2, 0) is 6.54 Å². The summed E-state index contributed by atoms with van der Waals surface area (Å²) < 4.78 is 0. The molecule has 5 heteroatoms. The van der Waals surface area contributed by atoms with E-state index >= 15 is 0 Å². The minimum absolute atomic E-state index is 0.644. The zero-order chi connectivity index (χ0) is 12.8. The van der Waals surface area contributed by atoms with E-state index in [1.54, 1.807) is 6.20 Å². The van der Waals surface area contributed by atoms with Crippen molar-refractivity contribution in [2.24, 2.45) is 0 Å². The Bertz CT molecular complexity index is 314. The summed E-state index contributed by atoms with van der Waals surface area (Å²) in [6.45, 7) is 5.63. The molecule has 1 saturated heterocycles. The Kier molecular flexibility index (Phi) is 5.16. The molecule has 2 heterocycles. The molecular formula is C13H25N5. The van der Waals surface area contributed by atoms with Crippen LogP contribution in [0.2, 0.25) is 0 Å². The molecule has 1 aliphatic rings. The normalized spacial score (nSPS) is 18.6. The van der Waals surface area contributed by atoms with Crippen LogP contribution in [0.25, 0.3) is 0 Å². The highest BCUT2D eigenvalue weighted by Gasteiger charge is 2.18. The van der Waals surface area contributed by atoms with Crippen LogP contribution in [0.5, 0.6) is 0 Å². The first-order chi connectivity index (χ1) is 8.74. The predicted octanol–water partition coefficient (Wildman–Crippen LogP) is 0.525. The number of hydrogen-bond acceptors (Lipinski definition) is 4. The molecule has 0 spiro atoms. The first kappa shape index (κ1) is 13.5. The molecule has 0 aliphatic carbocycles. The summed E-state index contributed by atoms with van der Waals surface area (Å²) in [5, 5.41) is 3.58. The maximum atomic E-state index is 4.23. The first-order valence-electron chi connectivity index (χ1n) is 6.83. The fourth-order valence-electron chi connectivity index (χ4n) is 2.34. The predicted molar refractivity (Wildman–Crippen MR) is 73.4 cm³/mol. The van der Waals surface area contributed by atoms with E-state index in [2.05, 4.69) is 39.2 Å². The van der Waals surface area contributed by atoms with E-state index in [9.17, 15) is 0 Å². The molecule has 5 nitrogen and oxygen atoms in total. The van der Waals surface area contributed by atoms with Gasteiger partial charge in [0.15, 0.2) is 0 Å². The Labute approximate surface area is 110 Å². The van der Waals surface area contributed by atoms with Gasteiger partial charge < -0.3 is 20.1 Å². The molecule has 102 valence electrons. The van der Waals surface area contributed by atoms with E-state index in [4.69, 9.17) is 0 Å². The van der Waals surface area contributed by atoms with E-state index in [0.717, 1.165) is 18.9 Å². The lowest BCUT2D eigenvalue weighted by atomic mass is 10.1. The highest BCUT2D eigenvalue weighted by Crippen LogP contribution is 2.10. The van der Waals surface area contributed by atoms with Crippen molar-refractivity contribution in [1.82, 2.24) is 25.1 Å². The van der Waals surface area contributed by atoms with E-state index in [0.29, 0.717) is 6.04 Å². The highest BCUT2D eigenvalue weighted by molar-refractivity contribution is 4.88. The molecule has 0 amide bonds. The van der Waals surface area contributed by atoms with Crippen LogP contribution < -0.4 is 5.32 Å². The van der Waals surface area contributed by atoms with Crippen molar-refractivity contribution in [2.75, 3.05) is 40.3 Å². The summed E-state index contributed by atoms with van der Waals surface area (Å²) in [4.78, 5) is 12.2. The molecule has 0 aromatic carbocycles. The number of rotatable bonds is 6. The topological polar surface area (TPSA) is 47.2 Å².